The van der Waals surface area contributed by atoms with Crippen molar-refractivity contribution in [2.24, 2.45) is 0 Å². The highest BCUT2D eigenvalue weighted by Gasteiger charge is 2.17. The van der Waals surface area contributed by atoms with E-state index < -0.39 is 0 Å². The van der Waals surface area contributed by atoms with Crippen molar-refractivity contribution in [3.8, 4) is 12.1 Å². The molecule has 2 rings (SSSR count). The molecule has 1 aromatic rings. The standard InChI is InChI=1S/C18H16N2O/c1-11-5-12(2)18(13(3)6-11)17-8-15(7-14(4)21-17)16(9-19)10-20/h5-8H,1-4H3. The second kappa shape index (κ2) is 5.69. The van der Waals surface area contributed by atoms with Crippen molar-refractivity contribution in [1.82, 2.24) is 0 Å². The minimum atomic E-state index is 0.0950. The maximum atomic E-state index is 9.04. The zero-order valence-electron chi connectivity index (χ0n) is 12.6. The average Bonchev–Trinajstić information content (AvgIpc) is 2.38. The summed E-state index contributed by atoms with van der Waals surface area (Å²) in [7, 11) is 0. The smallest absolute Gasteiger partial charge is 0.137 e. The number of ether oxygens (including phenoxy) is 1. The first-order valence-corrected chi connectivity index (χ1v) is 6.66. The van der Waals surface area contributed by atoms with Gasteiger partial charge in [0.2, 0.25) is 0 Å². The van der Waals surface area contributed by atoms with E-state index in [0.717, 1.165) is 16.7 Å². The quantitative estimate of drug-likeness (QED) is 0.721. The number of aryl methyl sites for hydroxylation is 3. The van der Waals surface area contributed by atoms with Crippen molar-refractivity contribution < 1.29 is 4.74 Å². The van der Waals surface area contributed by atoms with Crippen molar-refractivity contribution in [3.63, 3.8) is 0 Å². The van der Waals surface area contributed by atoms with Gasteiger partial charge in [-0.05, 0) is 51.0 Å². The lowest BCUT2D eigenvalue weighted by Gasteiger charge is -2.20. The van der Waals surface area contributed by atoms with E-state index in [0.29, 0.717) is 17.1 Å². The van der Waals surface area contributed by atoms with Gasteiger partial charge in [0.15, 0.2) is 0 Å². The van der Waals surface area contributed by atoms with Crippen LogP contribution < -0.4 is 0 Å². The third-order valence-corrected chi connectivity index (χ3v) is 3.35. The number of hydrogen-bond acceptors (Lipinski definition) is 3. The summed E-state index contributed by atoms with van der Waals surface area (Å²) in [4.78, 5) is 0. The molecule has 0 spiro atoms. The predicted octanol–water partition coefficient (Wildman–Crippen LogP) is 4.23. The fourth-order valence-corrected chi connectivity index (χ4v) is 2.62. The number of rotatable bonds is 1. The van der Waals surface area contributed by atoms with Crippen molar-refractivity contribution in [1.29, 1.82) is 10.5 Å². The molecule has 104 valence electrons. The van der Waals surface area contributed by atoms with Gasteiger partial charge >= 0.3 is 0 Å². The monoisotopic (exact) mass is 276 g/mol. The van der Waals surface area contributed by atoms with Gasteiger partial charge in [-0.15, -0.1) is 0 Å². The van der Waals surface area contributed by atoms with E-state index in [1.807, 2.05) is 32.9 Å². The van der Waals surface area contributed by atoms with E-state index in [9.17, 15) is 0 Å². The Kier molecular flexibility index (Phi) is 3.96. The van der Waals surface area contributed by atoms with E-state index in [1.54, 1.807) is 12.2 Å². The van der Waals surface area contributed by atoms with Gasteiger partial charge in [-0.2, -0.15) is 10.5 Å². The van der Waals surface area contributed by atoms with Crippen molar-refractivity contribution in [3.05, 3.63) is 63.4 Å². The third-order valence-electron chi connectivity index (χ3n) is 3.35. The summed E-state index contributed by atoms with van der Waals surface area (Å²) in [6, 6.07) is 8.04. The minimum Gasteiger partial charge on any atom is -0.461 e. The van der Waals surface area contributed by atoms with E-state index in [1.165, 1.54) is 5.56 Å². The molecule has 0 atom stereocenters. The molecule has 0 amide bonds. The summed E-state index contributed by atoms with van der Waals surface area (Å²) < 4.78 is 5.81. The molecule has 0 aromatic heterocycles. The van der Waals surface area contributed by atoms with Crippen LogP contribution in [0.15, 0.2) is 41.2 Å². The Morgan fingerprint density at radius 3 is 2.05 bits per heavy atom. The van der Waals surface area contributed by atoms with Crippen LogP contribution >= 0.6 is 0 Å². The first kappa shape index (κ1) is 14.6. The van der Waals surface area contributed by atoms with Crippen LogP contribution in [0, 0.1) is 43.4 Å². The highest BCUT2D eigenvalue weighted by atomic mass is 16.5. The Labute approximate surface area is 125 Å². The Morgan fingerprint density at radius 1 is 0.952 bits per heavy atom. The Morgan fingerprint density at radius 2 is 1.52 bits per heavy atom. The van der Waals surface area contributed by atoms with Crippen LogP contribution in [0.25, 0.3) is 5.76 Å². The van der Waals surface area contributed by atoms with Gasteiger partial charge in [0.05, 0.1) is 0 Å². The Hall–Kier alpha value is -2.78. The molecule has 1 aromatic carbocycles. The van der Waals surface area contributed by atoms with Crippen molar-refractivity contribution in [2.75, 3.05) is 0 Å². The van der Waals surface area contributed by atoms with Gasteiger partial charge in [-0.25, -0.2) is 0 Å². The number of allylic oxidation sites excluding steroid dienone is 5. The van der Waals surface area contributed by atoms with Gasteiger partial charge in [0, 0.05) is 11.1 Å². The van der Waals surface area contributed by atoms with E-state index in [2.05, 4.69) is 19.1 Å². The van der Waals surface area contributed by atoms with Crippen molar-refractivity contribution >= 4 is 5.76 Å². The molecule has 0 unspecified atom stereocenters. The highest BCUT2D eigenvalue weighted by Crippen LogP contribution is 2.32. The van der Waals surface area contributed by atoms with Gasteiger partial charge in [-0.3, -0.25) is 0 Å². The van der Waals surface area contributed by atoms with Crippen LogP contribution in [-0.2, 0) is 4.74 Å². The molecule has 0 fully saturated rings. The lowest BCUT2D eigenvalue weighted by molar-refractivity contribution is 0.379. The van der Waals surface area contributed by atoms with Crippen LogP contribution in [0.3, 0.4) is 0 Å². The van der Waals surface area contributed by atoms with Gasteiger partial charge < -0.3 is 4.74 Å². The number of nitriles is 2. The Bertz CT molecular complexity index is 741. The van der Waals surface area contributed by atoms with Crippen LogP contribution in [0.1, 0.15) is 29.2 Å². The van der Waals surface area contributed by atoms with E-state index >= 15 is 0 Å². The molecular formula is C18H16N2O. The zero-order chi connectivity index (χ0) is 15.6. The van der Waals surface area contributed by atoms with Crippen LogP contribution in [0.4, 0.5) is 0 Å². The normalized spacial score (nSPS) is 13.5. The molecule has 0 bridgehead atoms. The topological polar surface area (TPSA) is 56.8 Å². The second-order valence-electron chi connectivity index (χ2n) is 5.19. The molecule has 0 aliphatic carbocycles. The fraction of sp³-hybridized carbons (Fsp3) is 0.222. The zero-order valence-corrected chi connectivity index (χ0v) is 12.6. The van der Waals surface area contributed by atoms with E-state index in [-0.39, 0.29) is 5.57 Å². The molecule has 0 radical (unpaired) electrons. The summed E-state index contributed by atoms with van der Waals surface area (Å²) in [5.74, 6) is 1.35. The minimum absolute atomic E-state index is 0.0950. The van der Waals surface area contributed by atoms with Crippen LogP contribution in [-0.4, -0.2) is 0 Å². The largest absolute Gasteiger partial charge is 0.461 e. The average molecular weight is 276 g/mol. The van der Waals surface area contributed by atoms with Gasteiger partial charge in [0.1, 0.15) is 29.2 Å². The molecule has 0 N–H and O–H groups in total. The van der Waals surface area contributed by atoms with Crippen molar-refractivity contribution in [2.45, 2.75) is 27.7 Å². The number of nitrogens with zero attached hydrogens (tertiary/aromatic N) is 2. The summed E-state index contributed by atoms with van der Waals surface area (Å²) in [5, 5.41) is 18.1. The number of benzene rings is 1. The second-order valence-corrected chi connectivity index (χ2v) is 5.19. The maximum Gasteiger partial charge on any atom is 0.137 e. The van der Waals surface area contributed by atoms with Gasteiger partial charge in [-0.1, -0.05) is 17.7 Å². The summed E-state index contributed by atoms with van der Waals surface area (Å²) in [5.41, 5.74) is 5.13. The SMILES string of the molecule is CC1=CC(=C(C#N)C#N)C=C(c2c(C)cc(C)cc2C)O1. The first-order chi connectivity index (χ1) is 9.96. The summed E-state index contributed by atoms with van der Waals surface area (Å²) >= 11 is 0. The molecule has 21 heavy (non-hydrogen) atoms. The molecule has 0 saturated heterocycles. The van der Waals surface area contributed by atoms with Gasteiger partial charge in [0.25, 0.3) is 0 Å². The lowest BCUT2D eigenvalue weighted by atomic mass is 9.95. The first-order valence-electron chi connectivity index (χ1n) is 6.66. The fourth-order valence-electron chi connectivity index (χ4n) is 2.62. The Balaban J connectivity index is 2.64. The molecule has 1 heterocycles. The molecule has 1 aliphatic rings. The molecule has 3 nitrogen and oxygen atoms in total. The van der Waals surface area contributed by atoms with Crippen LogP contribution in [0.2, 0.25) is 0 Å². The molecular weight excluding hydrogens is 260 g/mol. The summed E-state index contributed by atoms with van der Waals surface area (Å²) in [6.45, 7) is 7.94. The molecule has 1 aliphatic heterocycles. The molecule has 3 heteroatoms. The third kappa shape index (κ3) is 2.88. The predicted molar refractivity (Wildman–Crippen MR) is 81.7 cm³/mol. The van der Waals surface area contributed by atoms with Crippen LogP contribution in [0.5, 0.6) is 0 Å². The summed E-state index contributed by atoms with van der Waals surface area (Å²) in [6.07, 6.45) is 3.48. The van der Waals surface area contributed by atoms with E-state index in [4.69, 9.17) is 15.3 Å². The highest BCUT2D eigenvalue weighted by molar-refractivity contribution is 5.73. The lowest BCUT2D eigenvalue weighted by Crippen LogP contribution is -2.03. The number of hydrogen-bond donors (Lipinski definition) is 0. The molecule has 0 saturated carbocycles. The maximum absolute atomic E-state index is 9.04.